The van der Waals surface area contributed by atoms with Gasteiger partial charge in [-0.3, -0.25) is 9.10 Å². The molecule has 0 unspecified atom stereocenters. The first-order chi connectivity index (χ1) is 15.7. The van der Waals surface area contributed by atoms with Crippen molar-refractivity contribution in [3.8, 4) is 0 Å². The molecule has 0 aliphatic carbocycles. The maximum atomic E-state index is 13.3. The van der Waals surface area contributed by atoms with Crippen molar-refractivity contribution in [3.63, 3.8) is 0 Å². The number of amides is 1. The Hall–Kier alpha value is -2.88. The van der Waals surface area contributed by atoms with E-state index in [1.807, 2.05) is 37.2 Å². The summed E-state index contributed by atoms with van der Waals surface area (Å²) in [5.74, 6) is -0.602. The number of carbonyl (C=O) groups excluding carboxylic acids is 1. The lowest BCUT2D eigenvalue weighted by molar-refractivity contribution is -0.119. The Morgan fingerprint density at radius 2 is 1.79 bits per heavy atom. The number of sulfonamides is 1. The molecule has 0 saturated carbocycles. The van der Waals surface area contributed by atoms with Crippen LogP contribution in [0.25, 0.3) is 0 Å². The van der Waals surface area contributed by atoms with E-state index in [1.165, 1.54) is 24.4 Å². The Bertz CT molecular complexity index is 1270. The number of hydrogen-bond donors (Lipinski definition) is 1. The summed E-state index contributed by atoms with van der Waals surface area (Å²) in [4.78, 5) is 14.6. The largest absolute Gasteiger partial charge is 0.377 e. The predicted molar refractivity (Wildman–Crippen MR) is 137 cm³/mol. The summed E-state index contributed by atoms with van der Waals surface area (Å²) in [6.45, 7) is -0.474. The maximum absolute atomic E-state index is 13.3. The molecule has 0 heterocycles. The summed E-state index contributed by atoms with van der Waals surface area (Å²) in [7, 11) is -0.143. The van der Waals surface area contributed by atoms with E-state index >= 15 is 0 Å². The van der Waals surface area contributed by atoms with Crippen LogP contribution in [-0.4, -0.2) is 41.2 Å². The molecule has 0 atom stereocenters. The van der Waals surface area contributed by atoms with Gasteiger partial charge in [0.25, 0.3) is 15.9 Å². The van der Waals surface area contributed by atoms with Crippen molar-refractivity contribution in [1.29, 1.82) is 0 Å². The van der Waals surface area contributed by atoms with Crippen molar-refractivity contribution in [1.82, 2.24) is 5.43 Å². The number of anilines is 2. The van der Waals surface area contributed by atoms with Gasteiger partial charge in [-0.05, 0) is 64.0 Å². The third-order valence-electron chi connectivity index (χ3n) is 4.57. The SMILES string of the molecule is CN(C)c1ccc(/C=N/NC(=O)CN(c2cccc(Cl)c2)S(=O)(=O)c2ccccc2)cc1Br. The summed E-state index contributed by atoms with van der Waals surface area (Å²) < 4.78 is 28.4. The molecule has 0 bridgehead atoms. The molecule has 0 aliphatic heterocycles. The average molecular weight is 550 g/mol. The highest BCUT2D eigenvalue weighted by molar-refractivity contribution is 9.10. The van der Waals surface area contributed by atoms with Crippen molar-refractivity contribution < 1.29 is 13.2 Å². The molecular weight excluding hydrogens is 528 g/mol. The van der Waals surface area contributed by atoms with Crippen LogP contribution in [0.4, 0.5) is 11.4 Å². The first kappa shape index (κ1) is 24.8. The second-order valence-corrected chi connectivity index (χ2v) is 10.4. The van der Waals surface area contributed by atoms with Gasteiger partial charge in [-0.25, -0.2) is 13.8 Å². The third-order valence-corrected chi connectivity index (χ3v) is 7.23. The summed E-state index contributed by atoms with van der Waals surface area (Å²) >= 11 is 9.57. The van der Waals surface area contributed by atoms with Gasteiger partial charge in [0, 0.05) is 23.6 Å². The Morgan fingerprint density at radius 3 is 2.42 bits per heavy atom. The molecule has 0 saturated heterocycles. The van der Waals surface area contributed by atoms with Crippen LogP contribution in [0.2, 0.25) is 5.02 Å². The van der Waals surface area contributed by atoms with E-state index in [9.17, 15) is 13.2 Å². The number of hydrogen-bond acceptors (Lipinski definition) is 5. The molecule has 7 nitrogen and oxygen atoms in total. The van der Waals surface area contributed by atoms with E-state index in [-0.39, 0.29) is 10.6 Å². The van der Waals surface area contributed by atoms with Gasteiger partial charge in [0.2, 0.25) is 0 Å². The molecule has 0 aromatic heterocycles. The molecule has 0 spiro atoms. The fourth-order valence-electron chi connectivity index (χ4n) is 2.98. The lowest BCUT2D eigenvalue weighted by Gasteiger charge is -2.23. The highest BCUT2D eigenvalue weighted by atomic mass is 79.9. The lowest BCUT2D eigenvalue weighted by atomic mass is 10.2. The zero-order chi connectivity index (χ0) is 24.0. The molecule has 3 aromatic rings. The monoisotopic (exact) mass is 548 g/mol. The Morgan fingerprint density at radius 1 is 1.06 bits per heavy atom. The van der Waals surface area contributed by atoms with Gasteiger partial charge < -0.3 is 4.90 Å². The van der Waals surface area contributed by atoms with Crippen LogP contribution in [0.3, 0.4) is 0 Å². The molecule has 172 valence electrons. The molecule has 1 N–H and O–H groups in total. The van der Waals surface area contributed by atoms with Crippen molar-refractivity contribution >= 4 is 61.1 Å². The molecule has 1 amide bonds. The lowest BCUT2D eigenvalue weighted by Crippen LogP contribution is -2.39. The first-order valence-electron chi connectivity index (χ1n) is 9.80. The van der Waals surface area contributed by atoms with Crippen LogP contribution in [0.15, 0.2) is 87.3 Å². The summed E-state index contributed by atoms with van der Waals surface area (Å²) in [6.07, 6.45) is 1.48. The van der Waals surface area contributed by atoms with E-state index in [4.69, 9.17) is 11.6 Å². The molecule has 0 radical (unpaired) electrons. The normalized spacial score (nSPS) is 11.4. The molecule has 0 fully saturated rings. The fraction of sp³-hybridized carbons (Fsp3) is 0.130. The van der Waals surface area contributed by atoms with Crippen LogP contribution in [0.1, 0.15) is 5.56 Å². The van der Waals surface area contributed by atoms with E-state index in [2.05, 4.69) is 26.5 Å². The van der Waals surface area contributed by atoms with E-state index < -0.39 is 22.5 Å². The van der Waals surface area contributed by atoms with Crippen molar-refractivity contribution in [2.45, 2.75) is 4.90 Å². The van der Waals surface area contributed by atoms with E-state index in [0.717, 1.165) is 20.0 Å². The van der Waals surface area contributed by atoms with Gasteiger partial charge in [0.05, 0.1) is 22.5 Å². The second kappa shape index (κ2) is 10.8. The maximum Gasteiger partial charge on any atom is 0.264 e. The van der Waals surface area contributed by atoms with Gasteiger partial charge >= 0.3 is 0 Å². The standard InChI is InChI=1S/C23H22BrClN4O3S/c1-28(2)22-12-11-17(13-21(22)24)15-26-27-23(30)16-29(19-8-6-7-18(25)14-19)33(31,32)20-9-4-3-5-10-20/h3-15H,16H2,1-2H3,(H,27,30)/b26-15+. The topological polar surface area (TPSA) is 82.1 Å². The van der Waals surface area contributed by atoms with Gasteiger partial charge in [-0.1, -0.05) is 41.9 Å². The van der Waals surface area contributed by atoms with Crippen molar-refractivity contribution in [3.05, 3.63) is 87.9 Å². The zero-order valence-corrected chi connectivity index (χ0v) is 21.1. The molecule has 10 heteroatoms. The number of halogens is 2. The Balaban J connectivity index is 1.79. The molecule has 3 rings (SSSR count). The number of rotatable bonds is 8. The molecular formula is C23H22BrClN4O3S. The van der Waals surface area contributed by atoms with Crippen LogP contribution in [-0.2, 0) is 14.8 Å². The Labute approximate surface area is 206 Å². The quantitative estimate of drug-likeness (QED) is 0.331. The minimum atomic E-state index is -4.01. The average Bonchev–Trinajstić information content (AvgIpc) is 2.78. The summed E-state index contributed by atoms with van der Waals surface area (Å²) in [5.41, 5.74) is 4.42. The van der Waals surface area contributed by atoms with Gasteiger partial charge in [0.1, 0.15) is 6.54 Å². The summed E-state index contributed by atoms with van der Waals surface area (Å²) in [5, 5.41) is 4.32. The van der Waals surface area contributed by atoms with E-state index in [0.29, 0.717) is 5.02 Å². The van der Waals surface area contributed by atoms with E-state index in [1.54, 1.807) is 36.4 Å². The Kier molecular flexibility index (Phi) is 8.12. The minimum absolute atomic E-state index is 0.0621. The third kappa shape index (κ3) is 6.34. The van der Waals surface area contributed by atoms with Crippen LogP contribution in [0, 0.1) is 0 Å². The van der Waals surface area contributed by atoms with Crippen molar-refractivity contribution in [2.75, 3.05) is 29.8 Å². The number of nitrogens with one attached hydrogen (secondary N) is 1. The van der Waals surface area contributed by atoms with Gasteiger partial charge in [-0.15, -0.1) is 0 Å². The number of nitrogens with zero attached hydrogens (tertiary/aromatic N) is 3. The first-order valence-corrected chi connectivity index (χ1v) is 12.4. The predicted octanol–water partition coefficient (Wildman–Crippen LogP) is 4.51. The number of benzene rings is 3. The van der Waals surface area contributed by atoms with Gasteiger partial charge in [-0.2, -0.15) is 5.10 Å². The zero-order valence-electron chi connectivity index (χ0n) is 17.9. The summed E-state index contributed by atoms with van der Waals surface area (Å²) in [6, 6.07) is 19.8. The highest BCUT2D eigenvalue weighted by Gasteiger charge is 2.27. The molecule has 0 aliphatic rings. The second-order valence-electron chi connectivity index (χ2n) is 7.20. The molecule has 3 aromatic carbocycles. The van der Waals surface area contributed by atoms with Crippen LogP contribution < -0.4 is 14.6 Å². The minimum Gasteiger partial charge on any atom is -0.377 e. The van der Waals surface area contributed by atoms with Crippen molar-refractivity contribution in [2.24, 2.45) is 5.10 Å². The number of carbonyl (C=O) groups is 1. The van der Waals surface area contributed by atoms with Crippen LogP contribution >= 0.6 is 27.5 Å². The van der Waals surface area contributed by atoms with Gasteiger partial charge in [0.15, 0.2) is 0 Å². The highest BCUT2D eigenvalue weighted by Crippen LogP contribution is 2.26. The molecule has 33 heavy (non-hydrogen) atoms. The number of hydrazone groups is 1. The smallest absolute Gasteiger partial charge is 0.264 e. The van der Waals surface area contributed by atoms with Crippen LogP contribution in [0.5, 0.6) is 0 Å². The fourth-order valence-corrected chi connectivity index (χ4v) is 5.35.